The summed E-state index contributed by atoms with van der Waals surface area (Å²) in [7, 11) is 2.93. The molecule has 0 unspecified atom stereocenters. The van der Waals surface area contributed by atoms with Gasteiger partial charge in [0.15, 0.2) is 4.77 Å². The molecule has 0 spiro atoms. The molecule has 0 aliphatic rings. The second kappa shape index (κ2) is 5.83. The van der Waals surface area contributed by atoms with Crippen LogP contribution in [0.15, 0.2) is 24.3 Å². The Hall–Kier alpha value is -2.21. The van der Waals surface area contributed by atoms with Gasteiger partial charge in [-0.1, -0.05) is 0 Å². The van der Waals surface area contributed by atoms with E-state index in [1.54, 1.807) is 26.2 Å². The summed E-state index contributed by atoms with van der Waals surface area (Å²) in [6.07, 6.45) is 0. The van der Waals surface area contributed by atoms with Crippen LogP contribution in [-0.2, 0) is 4.74 Å². The van der Waals surface area contributed by atoms with E-state index in [0.29, 0.717) is 21.7 Å². The number of aromatic amines is 1. The van der Waals surface area contributed by atoms with E-state index in [4.69, 9.17) is 21.7 Å². The number of nitrogens with zero attached hydrogens (tertiary/aromatic N) is 1. The Balaban J connectivity index is 2.64. The lowest BCUT2D eigenvalue weighted by atomic mass is 10.0. The summed E-state index contributed by atoms with van der Waals surface area (Å²) < 4.78 is 10.2. The van der Waals surface area contributed by atoms with Crippen LogP contribution in [0.3, 0.4) is 0 Å². The average molecular weight is 290 g/mol. The number of ether oxygens (including phenoxy) is 2. The van der Waals surface area contributed by atoms with Crippen molar-refractivity contribution in [2.45, 2.75) is 6.92 Å². The average Bonchev–Trinajstić information content (AvgIpc) is 2.46. The minimum absolute atomic E-state index is 0.320. The van der Waals surface area contributed by atoms with Gasteiger partial charge in [-0.15, -0.1) is 0 Å². The third-order valence-corrected chi connectivity index (χ3v) is 3.07. The summed E-state index contributed by atoms with van der Waals surface area (Å²) in [6, 6.07) is 7.24. The Bertz CT molecular complexity index is 693. The van der Waals surface area contributed by atoms with Gasteiger partial charge in [-0.25, -0.2) is 9.78 Å². The number of aryl methyl sites for hydroxylation is 1. The number of methoxy groups -OCH3 is 2. The van der Waals surface area contributed by atoms with Crippen molar-refractivity contribution < 1.29 is 14.3 Å². The molecule has 2 rings (SSSR count). The van der Waals surface area contributed by atoms with Crippen molar-refractivity contribution in [3.05, 3.63) is 40.3 Å². The number of nitrogens with one attached hydrogen (secondary N) is 1. The molecule has 0 bridgehead atoms. The molecule has 0 fully saturated rings. The highest BCUT2D eigenvalue weighted by atomic mass is 32.1. The molecule has 0 amide bonds. The molecule has 1 heterocycles. The fourth-order valence-corrected chi connectivity index (χ4v) is 2.14. The maximum absolute atomic E-state index is 11.9. The van der Waals surface area contributed by atoms with Gasteiger partial charge >= 0.3 is 5.97 Å². The first-order valence-corrected chi connectivity index (χ1v) is 6.31. The molecule has 1 aromatic heterocycles. The normalized spacial score (nSPS) is 10.2. The van der Waals surface area contributed by atoms with Gasteiger partial charge < -0.3 is 14.5 Å². The van der Waals surface area contributed by atoms with E-state index in [2.05, 4.69) is 9.97 Å². The zero-order valence-corrected chi connectivity index (χ0v) is 12.2. The first-order chi connectivity index (χ1) is 9.56. The van der Waals surface area contributed by atoms with E-state index < -0.39 is 5.97 Å². The van der Waals surface area contributed by atoms with Crippen LogP contribution < -0.4 is 4.74 Å². The Labute approximate surface area is 121 Å². The van der Waals surface area contributed by atoms with Crippen molar-refractivity contribution in [1.29, 1.82) is 0 Å². The second-order valence-corrected chi connectivity index (χ2v) is 4.50. The molecule has 5 nitrogen and oxygen atoms in total. The van der Waals surface area contributed by atoms with E-state index in [0.717, 1.165) is 11.3 Å². The van der Waals surface area contributed by atoms with Gasteiger partial charge in [0.1, 0.15) is 11.3 Å². The standard InChI is InChI=1S/C14H14N2O3S/c1-8-11(13(17)19-3)12(16-14(20)15-8)9-4-6-10(18-2)7-5-9/h4-7H,1-3H3,(H,15,16,20). The maximum Gasteiger partial charge on any atom is 0.341 e. The fraction of sp³-hybridized carbons (Fsp3) is 0.214. The lowest BCUT2D eigenvalue weighted by Gasteiger charge is -2.10. The molecule has 0 aliphatic heterocycles. The fourth-order valence-electron chi connectivity index (χ4n) is 1.90. The van der Waals surface area contributed by atoms with Crippen LogP contribution >= 0.6 is 12.2 Å². The minimum Gasteiger partial charge on any atom is -0.497 e. The van der Waals surface area contributed by atoms with E-state index in [1.165, 1.54) is 7.11 Å². The quantitative estimate of drug-likeness (QED) is 0.695. The summed E-state index contributed by atoms with van der Waals surface area (Å²) in [4.78, 5) is 19.0. The van der Waals surface area contributed by atoms with E-state index in [1.807, 2.05) is 12.1 Å². The molecule has 104 valence electrons. The van der Waals surface area contributed by atoms with Crippen LogP contribution in [0, 0.1) is 11.7 Å². The highest BCUT2D eigenvalue weighted by Crippen LogP contribution is 2.25. The summed E-state index contributed by atoms with van der Waals surface area (Å²) in [5.74, 6) is 0.276. The van der Waals surface area contributed by atoms with Crippen molar-refractivity contribution in [3.8, 4) is 17.0 Å². The molecule has 1 aromatic carbocycles. The molecule has 20 heavy (non-hydrogen) atoms. The van der Waals surface area contributed by atoms with Gasteiger partial charge in [-0.3, -0.25) is 0 Å². The number of rotatable bonds is 3. The number of H-pyrrole nitrogens is 1. The first-order valence-electron chi connectivity index (χ1n) is 5.90. The zero-order chi connectivity index (χ0) is 14.7. The number of benzene rings is 1. The van der Waals surface area contributed by atoms with Gasteiger partial charge in [0, 0.05) is 11.3 Å². The van der Waals surface area contributed by atoms with Gasteiger partial charge in [0.2, 0.25) is 0 Å². The number of carbonyl (C=O) groups is 1. The summed E-state index contributed by atoms with van der Waals surface area (Å²) in [5, 5.41) is 0. The van der Waals surface area contributed by atoms with Crippen molar-refractivity contribution in [2.24, 2.45) is 0 Å². The zero-order valence-electron chi connectivity index (χ0n) is 11.4. The number of aromatic nitrogens is 2. The minimum atomic E-state index is -0.452. The van der Waals surface area contributed by atoms with E-state index in [-0.39, 0.29) is 0 Å². The second-order valence-electron chi connectivity index (χ2n) is 4.11. The molecule has 0 aliphatic carbocycles. The Morgan fingerprint density at radius 2 is 1.90 bits per heavy atom. The highest BCUT2D eigenvalue weighted by Gasteiger charge is 2.18. The van der Waals surface area contributed by atoms with Crippen LogP contribution in [0.2, 0.25) is 0 Å². The monoisotopic (exact) mass is 290 g/mol. The molecule has 0 atom stereocenters. The van der Waals surface area contributed by atoms with Crippen molar-refractivity contribution in [2.75, 3.05) is 14.2 Å². The lowest BCUT2D eigenvalue weighted by Crippen LogP contribution is -2.09. The topological polar surface area (TPSA) is 64.2 Å². The van der Waals surface area contributed by atoms with Crippen molar-refractivity contribution in [1.82, 2.24) is 9.97 Å². The van der Waals surface area contributed by atoms with Gasteiger partial charge in [-0.05, 0) is 43.4 Å². The number of carbonyl (C=O) groups excluding carboxylic acids is 1. The van der Waals surface area contributed by atoms with Crippen LogP contribution in [0.1, 0.15) is 16.1 Å². The number of esters is 1. The molecular weight excluding hydrogens is 276 g/mol. The first kappa shape index (κ1) is 14.2. The summed E-state index contributed by atoms with van der Waals surface area (Å²) in [6.45, 7) is 1.76. The Kier molecular flexibility index (Phi) is 4.14. The van der Waals surface area contributed by atoms with Gasteiger partial charge in [-0.2, -0.15) is 0 Å². The van der Waals surface area contributed by atoms with E-state index in [9.17, 15) is 4.79 Å². The molecule has 6 heteroatoms. The van der Waals surface area contributed by atoms with Gasteiger partial charge in [0.05, 0.1) is 19.9 Å². The molecule has 1 N–H and O–H groups in total. The summed E-state index contributed by atoms with van der Waals surface area (Å²) >= 11 is 5.07. The number of hydrogen-bond acceptors (Lipinski definition) is 5. The smallest absolute Gasteiger partial charge is 0.341 e. The Morgan fingerprint density at radius 3 is 2.45 bits per heavy atom. The third-order valence-electron chi connectivity index (χ3n) is 2.87. The van der Waals surface area contributed by atoms with Crippen LogP contribution in [0.4, 0.5) is 0 Å². The molecule has 0 radical (unpaired) electrons. The van der Waals surface area contributed by atoms with E-state index >= 15 is 0 Å². The lowest BCUT2D eigenvalue weighted by molar-refractivity contribution is 0.0600. The Morgan fingerprint density at radius 1 is 1.25 bits per heavy atom. The van der Waals surface area contributed by atoms with Gasteiger partial charge in [0.25, 0.3) is 0 Å². The van der Waals surface area contributed by atoms with Crippen molar-refractivity contribution in [3.63, 3.8) is 0 Å². The third kappa shape index (κ3) is 2.70. The largest absolute Gasteiger partial charge is 0.497 e. The highest BCUT2D eigenvalue weighted by molar-refractivity contribution is 7.71. The molecular formula is C14H14N2O3S. The van der Waals surface area contributed by atoms with Crippen LogP contribution in [-0.4, -0.2) is 30.2 Å². The van der Waals surface area contributed by atoms with Crippen LogP contribution in [0.5, 0.6) is 5.75 Å². The maximum atomic E-state index is 11.9. The molecule has 2 aromatic rings. The van der Waals surface area contributed by atoms with Crippen molar-refractivity contribution >= 4 is 18.2 Å². The molecule has 0 saturated carbocycles. The summed E-state index contributed by atoms with van der Waals surface area (Å²) in [5.41, 5.74) is 2.28. The number of hydrogen-bond donors (Lipinski definition) is 1. The van der Waals surface area contributed by atoms with Crippen LogP contribution in [0.25, 0.3) is 11.3 Å². The SMILES string of the molecule is COC(=O)c1c(-c2ccc(OC)cc2)nc(=S)[nH]c1C. The predicted molar refractivity (Wildman–Crippen MR) is 77.5 cm³/mol. The predicted octanol–water partition coefficient (Wildman–Crippen LogP) is 2.91. The molecule has 0 saturated heterocycles.